The SMILES string of the molecule is NS(=O)(=O)c1ccc(CCNC(=O)CCNS(=O)(=O)C=Cc2ccccc2)cc1. The van der Waals surface area contributed by atoms with Gasteiger partial charge in [0.25, 0.3) is 0 Å². The Labute approximate surface area is 170 Å². The van der Waals surface area contributed by atoms with Crippen molar-refractivity contribution < 1.29 is 21.6 Å². The summed E-state index contributed by atoms with van der Waals surface area (Å²) in [6, 6.07) is 15.1. The van der Waals surface area contributed by atoms with E-state index in [-0.39, 0.29) is 23.8 Å². The molecule has 0 unspecified atom stereocenters. The van der Waals surface area contributed by atoms with E-state index in [1.54, 1.807) is 36.4 Å². The minimum absolute atomic E-state index is 0.00274. The Morgan fingerprint density at radius 2 is 1.59 bits per heavy atom. The fourth-order valence-electron chi connectivity index (χ4n) is 2.37. The van der Waals surface area contributed by atoms with Gasteiger partial charge < -0.3 is 5.32 Å². The molecule has 0 heterocycles. The molecule has 8 nitrogen and oxygen atoms in total. The zero-order chi connectivity index (χ0) is 21.3. The summed E-state index contributed by atoms with van der Waals surface area (Å²) in [4.78, 5) is 11.9. The highest BCUT2D eigenvalue weighted by molar-refractivity contribution is 7.92. The van der Waals surface area contributed by atoms with Gasteiger partial charge in [0.05, 0.1) is 4.90 Å². The number of nitrogens with one attached hydrogen (secondary N) is 2. The van der Waals surface area contributed by atoms with Gasteiger partial charge in [-0.05, 0) is 35.8 Å². The van der Waals surface area contributed by atoms with E-state index < -0.39 is 20.0 Å². The first-order valence-electron chi connectivity index (χ1n) is 8.77. The molecule has 0 aliphatic carbocycles. The van der Waals surface area contributed by atoms with Gasteiger partial charge >= 0.3 is 0 Å². The molecule has 0 fully saturated rings. The van der Waals surface area contributed by atoms with Gasteiger partial charge in [-0.25, -0.2) is 26.7 Å². The van der Waals surface area contributed by atoms with E-state index >= 15 is 0 Å². The van der Waals surface area contributed by atoms with E-state index in [0.717, 1.165) is 16.5 Å². The average Bonchev–Trinajstić information content (AvgIpc) is 2.67. The lowest BCUT2D eigenvalue weighted by molar-refractivity contribution is -0.120. The molecule has 0 radical (unpaired) electrons. The van der Waals surface area contributed by atoms with Gasteiger partial charge in [0.15, 0.2) is 0 Å². The van der Waals surface area contributed by atoms with Gasteiger partial charge in [0.1, 0.15) is 0 Å². The highest BCUT2D eigenvalue weighted by atomic mass is 32.2. The summed E-state index contributed by atoms with van der Waals surface area (Å²) in [5, 5.41) is 8.78. The lowest BCUT2D eigenvalue weighted by Gasteiger charge is -2.07. The maximum Gasteiger partial charge on any atom is 0.238 e. The van der Waals surface area contributed by atoms with Gasteiger partial charge in [-0.15, -0.1) is 0 Å². The van der Waals surface area contributed by atoms with Gasteiger partial charge in [0, 0.05) is 24.9 Å². The Balaban J connectivity index is 1.70. The van der Waals surface area contributed by atoms with Crippen molar-refractivity contribution in [2.24, 2.45) is 5.14 Å². The normalized spacial score (nSPS) is 12.2. The highest BCUT2D eigenvalue weighted by Crippen LogP contribution is 2.09. The molecule has 156 valence electrons. The number of primary sulfonamides is 1. The van der Waals surface area contributed by atoms with Crippen molar-refractivity contribution in [1.82, 2.24) is 10.0 Å². The molecule has 4 N–H and O–H groups in total. The third-order valence-corrected chi connectivity index (χ3v) is 5.91. The van der Waals surface area contributed by atoms with E-state index in [0.29, 0.717) is 13.0 Å². The molecule has 2 aromatic carbocycles. The second kappa shape index (κ2) is 10.3. The first kappa shape index (κ1) is 22.8. The third-order valence-electron chi connectivity index (χ3n) is 3.88. The quantitative estimate of drug-likeness (QED) is 0.509. The van der Waals surface area contributed by atoms with Gasteiger partial charge in [-0.1, -0.05) is 42.5 Å². The smallest absolute Gasteiger partial charge is 0.238 e. The van der Waals surface area contributed by atoms with Crippen LogP contribution in [0.15, 0.2) is 64.9 Å². The first-order chi connectivity index (χ1) is 13.7. The topological polar surface area (TPSA) is 135 Å². The van der Waals surface area contributed by atoms with Crippen LogP contribution in [0.1, 0.15) is 17.5 Å². The zero-order valence-corrected chi connectivity index (χ0v) is 17.2. The highest BCUT2D eigenvalue weighted by Gasteiger charge is 2.08. The summed E-state index contributed by atoms with van der Waals surface area (Å²) in [6.07, 6.45) is 1.98. The van der Waals surface area contributed by atoms with Crippen molar-refractivity contribution in [2.75, 3.05) is 13.1 Å². The first-order valence-corrected chi connectivity index (χ1v) is 11.9. The van der Waals surface area contributed by atoms with Crippen LogP contribution in [0, 0.1) is 0 Å². The molecule has 0 saturated carbocycles. The van der Waals surface area contributed by atoms with Crippen molar-refractivity contribution in [3.63, 3.8) is 0 Å². The Morgan fingerprint density at radius 1 is 0.931 bits per heavy atom. The molecule has 0 aliphatic rings. The van der Waals surface area contributed by atoms with E-state index in [9.17, 15) is 21.6 Å². The molecule has 0 atom stereocenters. The average molecular weight is 438 g/mol. The predicted octanol–water partition coefficient (Wildman–Crippen LogP) is 0.973. The Kier molecular flexibility index (Phi) is 8.09. The molecule has 29 heavy (non-hydrogen) atoms. The van der Waals surface area contributed by atoms with Crippen LogP contribution in [0.25, 0.3) is 6.08 Å². The van der Waals surface area contributed by atoms with Gasteiger partial charge in [0.2, 0.25) is 26.0 Å². The number of nitrogens with two attached hydrogens (primary N) is 1. The fraction of sp³-hybridized carbons (Fsp3) is 0.211. The molecular formula is C19H23N3O5S2. The molecule has 10 heteroatoms. The molecular weight excluding hydrogens is 414 g/mol. The maximum atomic E-state index is 11.9. The summed E-state index contributed by atoms with van der Waals surface area (Å²) in [6.45, 7) is 0.324. The van der Waals surface area contributed by atoms with Crippen LogP contribution < -0.4 is 15.2 Å². The molecule has 2 rings (SSSR count). The van der Waals surface area contributed by atoms with Crippen LogP contribution in [-0.2, 0) is 31.3 Å². The summed E-state index contributed by atoms with van der Waals surface area (Å²) >= 11 is 0. The van der Waals surface area contributed by atoms with Crippen LogP contribution in [0.4, 0.5) is 0 Å². The number of benzene rings is 2. The number of sulfonamides is 2. The number of carbonyl (C=O) groups is 1. The van der Waals surface area contributed by atoms with Crippen molar-refractivity contribution in [3.05, 3.63) is 71.1 Å². The van der Waals surface area contributed by atoms with Gasteiger partial charge in [-0.2, -0.15) is 0 Å². The maximum absolute atomic E-state index is 11.9. The minimum atomic E-state index is -3.73. The zero-order valence-electron chi connectivity index (χ0n) is 15.6. The molecule has 0 bridgehead atoms. The van der Waals surface area contributed by atoms with Crippen LogP contribution in [0.3, 0.4) is 0 Å². The van der Waals surface area contributed by atoms with Crippen LogP contribution in [0.2, 0.25) is 0 Å². The molecule has 1 amide bonds. The second-order valence-electron chi connectivity index (χ2n) is 6.19. The number of rotatable bonds is 10. The van der Waals surface area contributed by atoms with E-state index in [1.165, 1.54) is 18.2 Å². The van der Waals surface area contributed by atoms with E-state index in [2.05, 4.69) is 10.0 Å². The number of amides is 1. The summed E-state index contributed by atoms with van der Waals surface area (Å²) in [5.74, 6) is -0.291. The number of hydrogen-bond acceptors (Lipinski definition) is 5. The summed E-state index contributed by atoms with van der Waals surface area (Å²) in [5.41, 5.74) is 1.59. The molecule has 0 saturated heterocycles. The van der Waals surface area contributed by atoms with Crippen molar-refractivity contribution in [1.29, 1.82) is 0 Å². The lowest BCUT2D eigenvalue weighted by Crippen LogP contribution is -2.30. The molecule has 0 spiro atoms. The minimum Gasteiger partial charge on any atom is -0.356 e. The van der Waals surface area contributed by atoms with Crippen molar-refractivity contribution >= 4 is 32.0 Å². The Hall–Kier alpha value is -2.53. The monoisotopic (exact) mass is 437 g/mol. The molecule has 0 aliphatic heterocycles. The van der Waals surface area contributed by atoms with Crippen molar-refractivity contribution in [3.8, 4) is 0 Å². The lowest BCUT2D eigenvalue weighted by atomic mass is 10.1. The van der Waals surface area contributed by atoms with Crippen LogP contribution in [-0.4, -0.2) is 35.8 Å². The van der Waals surface area contributed by atoms with E-state index in [1.807, 2.05) is 6.07 Å². The Bertz CT molecular complexity index is 1050. The van der Waals surface area contributed by atoms with Crippen molar-refractivity contribution in [2.45, 2.75) is 17.7 Å². The predicted molar refractivity (Wildman–Crippen MR) is 112 cm³/mol. The largest absolute Gasteiger partial charge is 0.356 e. The third kappa shape index (κ3) is 8.57. The second-order valence-corrected chi connectivity index (χ2v) is 9.40. The fourth-order valence-corrected chi connectivity index (χ4v) is 3.70. The number of carbonyl (C=O) groups excluding carboxylic acids is 1. The van der Waals surface area contributed by atoms with Crippen LogP contribution in [0.5, 0.6) is 0 Å². The van der Waals surface area contributed by atoms with E-state index in [4.69, 9.17) is 5.14 Å². The molecule has 0 aromatic heterocycles. The summed E-state index contributed by atoms with van der Waals surface area (Å²) < 4.78 is 48.5. The summed E-state index contributed by atoms with van der Waals surface area (Å²) in [7, 11) is -7.35. The van der Waals surface area contributed by atoms with Gasteiger partial charge in [-0.3, -0.25) is 4.79 Å². The Morgan fingerprint density at radius 3 is 2.21 bits per heavy atom. The van der Waals surface area contributed by atoms with Crippen LogP contribution >= 0.6 is 0 Å². The molecule has 2 aromatic rings. The number of hydrogen-bond donors (Lipinski definition) is 3. The standard InChI is InChI=1S/C19H23N3O5S2/c20-29(26,27)18-8-6-17(7-9-18)10-13-21-19(23)11-14-22-28(24,25)15-12-16-4-2-1-3-5-16/h1-9,12,15,22H,10-11,13-14H2,(H,21,23)(H2,20,26,27).